The van der Waals surface area contributed by atoms with Gasteiger partial charge in [0.15, 0.2) is 23.7 Å². The van der Waals surface area contributed by atoms with Crippen molar-refractivity contribution in [3.05, 3.63) is 88.2 Å². The average molecular weight is 522 g/mol. The van der Waals surface area contributed by atoms with E-state index < -0.39 is 75.6 Å². The van der Waals surface area contributed by atoms with Crippen LogP contribution in [0.3, 0.4) is 0 Å². The highest BCUT2D eigenvalue weighted by Gasteiger charge is 2.42. The summed E-state index contributed by atoms with van der Waals surface area (Å²) >= 11 is 0. The second kappa shape index (κ2) is 9.66. The summed E-state index contributed by atoms with van der Waals surface area (Å²) in [6.45, 7) is 2.21. The highest BCUT2D eigenvalue weighted by molar-refractivity contribution is 5.66. The van der Waals surface area contributed by atoms with Gasteiger partial charge in [0.25, 0.3) is 0 Å². The van der Waals surface area contributed by atoms with Crippen LogP contribution < -0.4 is 4.74 Å². The van der Waals surface area contributed by atoms with E-state index in [1.54, 1.807) is 6.92 Å². The topological polar surface area (TPSA) is 27.7 Å². The van der Waals surface area contributed by atoms with E-state index in [-0.39, 0.29) is 36.8 Å². The van der Waals surface area contributed by atoms with Gasteiger partial charge in [0.05, 0.1) is 18.8 Å². The molecule has 0 unspecified atom stereocenters. The Bertz CT molecular complexity index is 1230. The molecule has 1 heterocycles. The second-order valence-electron chi connectivity index (χ2n) is 8.10. The first-order chi connectivity index (χ1) is 16.9. The SMILES string of the molecule is CC1COC(c2cc(F)c(C(F)(F)Oc3cc(F)c(-c4cc(F)c(F)c(F)c4)c(F)c3)c(F)c2)OC1. The summed E-state index contributed by atoms with van der Waals surface area (Å²) in [7, 11) is 0. The molecule has 0 N–H and O–H groups in total. The maximum Gasteiger partial charge on any atom is 0.432 e. The molecule has 1 saturated heterocycles. The molecule has 1 fully saturated rings. The summed E-state index contributed by atoms with van der Waals surface area (Å²) in [5.41, 5.74) is -3.90. The number of halogens is 9. The van der Waals surface area contributed by atoms with Gasteiger partial charge in [0.1, 0.15) is 34.6 Å². The monoisotopic (exact) mass is 522 g/mol. The van der Waals surface area contributed by atoms with Gasteiger partial charge in [0, 0.05) is 23.6 Å². The maximum absolute atomic E-state index is 14.7. The molecule has 0 radical (unpaired) electrons. The van der Waals surface area contributed by atoms with Gasteiger partial charge in [-0.2, -0.15) is 8.78 Å². The van der Waals surface area contributed by atoms with Crippen LogP contribution in [0.2, 0.25) is 0 Å². The van der Waals surface area contributed by atoms with Gasteiger partial charge in [-0.3, -0.25) is 0 Å². The molecule has 1 aliphatic heterocycles. The van der Waals surface area contributed by atoms with E-state index >= 15 is 0 Å². The summed E-state index contributed by atoms with van der Waals surface area (Å²) in [4.78, 5) is 0. The minimum absolute atomic E-state index is 0.0150. The summed E-state index contributed by atoms with van der Waals surface area (Å²) in [6, 6.07) is 2.11. The third-order valence-corrected chi connectivity index (χ3v) is 5.23. The van der Waals surface area contributed by atoms with E-state index in [2.05, 4.69) is 4.74 Å². The first-order valence-electron chi connectivity index (χ1n) is 10.3. The normalized spacial score (nSPS) is 18.4. The van der Waals surface area contributed by atoms with E-state index in [9.17, 15) is 39.5 Å². The van der Waals surface area contributed by atoms with Crippen LogP contribution in [0.15, 0.2) is 36.4 Å². The lowest BCUT2D eigenvalue weighted by Crippen LogP contribution is -2.27. The van der Waals surface area contributed by atoms with E-state index in [4.69, 9.17) is 9.47 Å². The molecule has 3 aromatic carbocycles. The highest BCUT2D eigenvalue weighted by Crippen LogP contribution is 2.39. The number of hydrogen-bond acceptors (Lipinski definition) is 3. The van der Waals surface area contributed by atoms with Gasteiger partial charge in [0.2, 0.25) is 0 Å². The fraction of sp³-hybridized carbons (Fsp3) is 0.250. The minimum Gasteiger partial charge on any atom is -0.429 e. The number of hydrogen-bond donors (Lipinski definition) is 0. The van der Waals surface area contributed by atoms with Crippen molar-refractivity contribution in [2.24, 2.45) is 5.92 Å². The maximum atomic E-state index is 14.7. The van der Waals surface area contributed by atoms with Gasteiger partial charge < -0.3 is 14.2 Å². The van der Waals surface area contributed by atoms with Gasteiger partial charge >= 0.3 is 6.11 Å². The fourth-order valence-corrected chi connectivity index (χ4v) is 3.58. The van der Waals surface area contributed by atoms with Crippen molar-refractivity contribution in [1.29, 1.82) is 0 Å². The molecule has 4 rings (SSSR count). The predicted octanol–water partition coefficient (Wildman–Crippen LogP) is 7.14. The van der Waals surface area contributed by atoms with E-state index in [0.29, 0.717) is 24.3 Å². The first-order valence-corrected chi connectivity index (χ1v) is 10.3. The van der Waals surface area contributed by atoms with Gasteiger partial charge in [-0.05, 0) is 29.8 Å². The second-order valence-corrected chi connectivity index (χ2v) is 8.10. The number of alkyl halides is 2. The Kier molecular flexibility index (Phi) is 6.93. The van der Waals surface area contributed by atoms with Crippen LogP contribution in [-0.4, -0.2) is 13.2 Å². The van der Waals surface area contributed by atoms with Crippen LogP contribution in [0.4, 0.5) is 39.5 Å². The third-order valence-electron chi connectivity index (χ3n) is 5.23. The summed E-state index contributed by atoms with van der Waals surface area (Å²) in [5, 5.41) is 0. The summed E-state index contributed by atoms with van der Waals surface area (Å²) in [5.74, 6) is -13.3. The van der Waals surface area contributed by atoms with Gasteiger partial charge in [-0.15, -0.1) is 0 Å². The van der Waals surface area contributed by atoms with Crippen LogP contribution >= 0.6 is 0 Å². The molecule has 0 spiro atoms. The molecule has 1 aliphatic rings. The molecule has 0 bridgehead atoms. The standard InChI is InChI=1S/C24H15F9O3/c1-10-8-34-23(35-9-10)12-4-16(27)21(17(28)5-12)24(32,33)36-13-6-14(25)20(15(26)7-13)11-2-18(29)22(31)19(30)3-11/h2-7,10,23H,8-9H2,1H3. The van der Waals surface area contributed by atoms with Gasteiger partial charge in [-0.25, -0.2) is 30.7 Å². The zero-order valence-corrected chi connectivity index (χ0v) is 18.2. The Balaban J connectivity index is 1.63. The molecule has 12 heteroatoms. The molecule has 0 amide bonds. The zero-order valence-electron chi connectivity index (χ0n) is 18.2. The molecule has 0 aliphatic carbocycles. The van der Waals surface area contributed by atoms with Crippen LogP contribution in [0, 0.1) is 46.6 Å². The van der Waals surface area contributed by atoms with Crippen molar-refractivity contribution in [1.82, 2.24) is 0 Å². The van der Waals surface area contributed by atoms with Crippen molar-refractivity contribution in [2.75, 3.05) is 13.2 Å². The number of rotatable bonds is 5. The Labute approximate surface area is 198 Å². The number of benzene rings is 3. The minimum atomic E-state index is -4.75. The molecule has 3 nitrogen and oxygen atoms in total. The third kappa shape index (κ3) is 5.00. The number of ether oxygens (including phenoxy) is 3. The molecule has 3 aromatic rings. The van der Waals surface area contributed by atoms with Crippen molar-refractivity contribution in [3.8, 4) is 16.9 Å². The molecule has 0 aromatic heterocycles. The highest BCUT2D eigenvalue weighted by atomic mass is 19.3. The zero-order chi connectivity index (χ0) is 26.4. The molecular weight excluding hydrogens is 507 g/mol. The summed E-state index contributed by atoms with van der Waals surface area (Å²) < 4.78 is 142. The molecular formula is C24H15F9O3. The quantitative estimate of drug-likeness (QED) is 0.264. The molecule has 36 heavy (non-hydrogen) atoms. The van der Waals surface area contributed by atoms with E-state index in [0.717, 1.165) is 0 Å². The smallest absolute Gasteiger partial charge is 0.429 e. The van der Waals surface area contributed by atoms with Crippen LogP contribution in [0.5, 0.6) is 5.75 Å². The van der Waals surface area contributed by atoms with Crippen molar-refractivity contribution < 1.29 is 53.7 Å². The predicted molar refractivity (Wildman–Crippen MR) is 106 cm³/mol. The molecule has 0 atom stereocenters. The van der Waals surface area contributed by atoms with Gasteiger partial charge in [-0.1, -0.05) is 6.92 Å². The fourth-order valence-electron chi connectivity index (χ4n) is 3.58. The molecule has 0 saturated carbocycles. The van der Waals surface area contributed by atoms with Crippen LogP contribution in [-0.2, 0) is 15.6 Å². The average Bonchev–Trinajstić information content (AvgIpc) is 2.76. The lowest BCUT2D eigenvalue weighted by Gasteiger charge is -2.28. The lowest BCUT2D eigenvalue weighted by molar-refractivity contribution is -0.203. The largest absolute Gasteiger partial charge is 0.432 e. The van der Waals surface area contributed by atoms with E-state index in [1.165, 1.54) is 0 Å². The molecule has 192 valence electrons. The first kappa shape index (κ1) is 25.8. The van der Waals surface area contributed by atoms with E-state index in [1.807, 2.05) is 0 Å². The lowest BCUT2D eigenvalue weighted by atomic mass is 10.0. The summed E-state index contributed by atoms with van der Waals surface area (Å²) in [6.07, 6.45) is -5.94. The van der Waals surface area contributed by atoms with Crippen LogP contribution in [0.1, 0.15) is 24.3 Å². The van der Waals surface area contributed by atoms with Crippen molar-refractivity contribution in [2.45, 2.75) is 19.3 Å². The Morgan fingerprint density at radius 2 is 1.22 bits per heavy atom. The Morgan fingerprint density at radius 3 is 1.72 bits per heavy atom. The Morgan fingerprint density at radius 1 is 0.722 bits per heavy atom. The van der Waals surface area contributed by atoms with Crippen molar-refractivity contribution >= 4 is 0 Å². The Hall–Kier alpha value is -3.25. The van der Waals surface area contributed by atoms with Crippen molar-refractivity contribution in [3.63, 3.8) is 0 Å². The van der Waals surface area contributed by atoms with Crippen LogP contribution in [0.25, 0.3) is 11.1 Å².